The highest BCUT2D eigenvalue weighted by atomic mass is 16.7. The van der Waals surface area contributed by atoms with Crippen LogP contribution in [0.25, 0.3) is 33.5 Å². The summed E-state index contributed by atoms with van der Waals surface area (Å²) in [5.41, 5.74) is 11.0. The van der Waals surface area contributed by atoms with Crippen LogP contribution < -0.4 is 14.9 Å². The minimum atomic E-state index is 0.245. The van der Waals surface area contributed by atoms with Gasteiger partial charge in [-0.15, -0.1) is 0 Å². The van der Waals surface area contributed by atoms with Crippen LogP contribution in [0.5, 0.6) is 11.5 Å². The van der Waals surface area contributed by atoms with Crippen LogP contribution in [0.2, 0.25) is 0 Å². The second kappa shape index (κ2) is 7.41. The highest BCUT2D eigenvalue weighted by Crippen LogP contribution is 2.37. The summed E-state index contributed by atoms with van der Waals surface area (Å²) >= 11 is 0. The minimum absolute atomic E-state index is 0.245. The van der Waals surface area contributed by atoms with Gasteiger partial charge in [-0.25, -0.2) is 9.97 Å². The van der Waals surface area contributed by atoms with Crippen molar-refractivity contribution in [2.24, 2.45) is 5.10 Å². The molecule has 0 spiro atoms. The fourth-order valence-electron chi connectivity index (χ4n) is 4.36. The first kappa shape index (κ1) is 18.8. The van der Waals surface area contributed by atoms with Crippen LogP contribution in [-0.2, 0) is 6.54 Å². The van der Waals surface area contributed by atoms with Gasteiger partial charge in [0.05, 0.1) is 29.0 Å². The number of para-hydroxylation sites is 1. The Labute approximate surface area is 194 Å². The number of pyridine rings is 2. The molecule has 5 heterocycles. The van der Waals surface area contributed by atoms with E-state index >= 15 is 0 Å². The van der Waals surface area contributed by atoms with Crippen molar-refractivity contribution in [1.82, 2.24) is 25.4 Å². The number of benzene rings is 2. The summed E-state index contributed by atoms with van der Waals surface area (Å²) in [4.78, 5) is 17.7. The summed E-state index contributed by atoms with van der Waals surface area (Å²) in [6, 6.07) is 21.9. The van der Waals surface area contributed by atoms with Gasteiger partial charge in [0.1, 0.15) is 5.69 Å². The number of rotatable bonds is 3. The van der Waals surface area contributed by atoms with Gasteiger partial charge in [0, 0.05) is 17.3 Å². The summed E-state index contributed by atoms with van der Waals surface area (Å²) in [5, 5.41) is 4.57. The van der Waals surface area contributed by atoms with Gasteiger partial charge in [-0.05, 0) is 42.0 Å². The van der Waals surface area contributed by atoms with E-state index in [-0.39, 0.29) is 6.79 Å². The maximum atomic E-state index is 5.57. The Hall–Kier alpha value is -4.72. The molecule has 2 N–H and O–H groups in total. The van der Waals surface area contributed by atoms with Crippen molar-refractivity contribution in [3.8, 4) is 34.0 Å². The first-order valence-electron chi connectivity index (χ1n) is 10.9. The van der Waals surface area contributed by atoms with Crippen molar-refractivity contribution >= 4 is 16.7 Å². The molecule has 0 saturated carbocycles. The Morgan fingerprint density at radius 3 is 2.74 bits per heavy atom. The number of H-pyrrole nitrogens is 1. The number of hydrogen-bond acceptors (Lipinski definition) is 7. The lowest BCUT2D eigenvalue weighted by molar-refractivity contribution is 0.174. The number of fused-ring (bicyclic) bond motifs is 3. The van der Waals surface area contributed by atoms with Crippen molar-refractivity contribution in [2.45, 2.75) is 6.54 Å². The van der Waals surface area contributed by atoms with Gasteiger partial charge in [-0.1, -0.05) is 30.3 Å². The molecule has 164 valence electrons. The van der Waals surface area contributed by atoms with Crippen molar-refractivity contribution < 1.29 is 9.47 Å². The van der Waals surface area contributed by atoms with Crippen LogP contribution in [0.15, 0.2) is 78.0 Å². The molecule has 0 radical (unpaired) electrons. The molecule has 2 aliphatic rings. The Morgan fingerprint density at radius 2 is 1.79 bits per heavy atom. The molecule has 8 heteroatoms. The van der Waals surface area contributed by atoms with Crippen molar-refractivity contribution in [3.63, 3.8) is 0 Å². The molecule has 0 amide bonds. The molecule has 2 aromatic carbocycles. The standard InChI is InChI=1S/C26H18N6O2/c1-2-11-27-18(5-1)19-9-7-16-13-28-32-25(23(16)29-19)26-30-20-6-3-4-17(24(20)31-26)15-8-10-21-22(12-15)34-14-33-21/h1-12,28H,13-14H2,(H,30,31). The van der Waals surface area contributed by atoms with E-state index in [1.165, 1.54) is 0 Å². The Kier molecular flexibility index (Phi) is 4.10. The number of aromatic amines is 1. The lowest BCUT2D eigenvalue weighted by Gasteiger charge is -2.16. The third kappa shape index (κ3) is 3.00. The monoisotopic (exact) mass is 446 g/mol. The summed E-state index contributed by atoms with van der Waals surface area (Å²) in [6.07, 6.45) is 1.77. The normalized spacial score (nSPS) is 13.9. The van der Waals surface area contributed by atoms with Gasteiger partial charge >= 0.3 is 0 Å². The first-order valence-corrected chi connectivity index (χ1v) is 10.9. The maximum absolute atomic E-state index is 5.57. The number of nitrogens with one attached hydrogen (secondary N) is 2. The van der Waals surface area contributed by atoms with E-state index in [1.807, 2.05) is 54.6 Å². The second-order valence-electron chi connectivity index (χ2n) is 8.07. The molecule has 3 aromatic heterocycles. The van der Waals surface area contributed by atoms with E-state index in [0.29, 0.717) is 18.1 Å². The molecule has 0 atom stereocenters. The van der Waals surface area contributed by atoms with Crippen molar-refractivity contribution in [1.29, 1.82) is 0 Å². The highest BCUT2D eigenvalue weighted by Gasteiger charge is 2.23. The van der Waals surface area contributed by atoms with E-state index in [0.717, 1.165) is 56.3 Å². The number of hydrogen-bond donors (Lipinski definition) is 2. The van der Waals surface area contributed by atoms with E-state index in [9.17, 15) is 0 Å². The zero-order valence-electron chi connectivity index (χ0n) is 17.9. The zero-order valence-corrected chi connectivity index (χ0v) is 17.9. The summed E-state index contributed by atoms with van der Waals surface area (Å²) in [7, 11) is 0. The summed E-state index contributed by atoms with van der Waals surface area (Å²) < 4.78 is 11.0. The molecule has 0 aliphatic carbocycles. The molecule has 0 saturated heterocycles. The van der Waals surface area contributed by atoms with Crippen LogP contribution in [0.1, 0.15) is 17.1 Å². The maximum Gasteiger partial charge on any atom is 0.231 e. The number of nitrogens with zero attached hydrogens (tertiary/aromatic N) is 4. The van der Waals surface area contributed by atoms with Crippen LogP contribution in [-0.4, -0.2) is 32.4 Å². The summed E-state index contributed by atoms with van der Waals surface area (Å²) in [6.45, 7) is 0.853. The summed E-state index contributed by atoms with van der Waals surface area (Å²) in [5.74, 6) is 2.15. The average Bonchev–Trinajstić information content (AvgIpc) is 3.55. The fourth-order valence-corrected chi connectivity index (χ4v) is 4.36. The molecule has 0 unspecified atom stereocenters. The SMILES string of the molecule is c1ccc(-c2ccc3c(n2)C(c2nc4c(-c5ccc6c(c5)OCO6)cccc4[nH]2)=NNC3)nc1. The van der Waals surface area contributed by atoms with Gasteiger partial charge < -0.3 is 19.9 Å². The number of ether oxygens (including phenoxy) is 2. The molecule has 2 aliphatic heterocycles. The average molecular weight is 446 g/mol. The van der Waals surface area contributed by atoms with Crippen molar-refractivity contribution in [2.75, 3.05) is 6.79 Å². The van der Waals surface area contributed by atoms with Crippen LogP contribution in [0.3, 0.4) is 0 Å². The molecular weight excluding hydrogens is 428 g/mol. The van der Waals surface area contributed by atoms with E-state index in [1.54, 1.807) is 6.20 Å². The van der Waals surface area contributed by atoms with Gasteiger partial charge in [-0.3, -0.25) is 4.98 Å². The zero-order chi connectivity index (χ0) is 22.5. The van der Waals surface area contributed by atoms with E-state index in [4.69, 9.17) is 19.4 Å². The molecule has 0 fully saturated rings. The lowest BCUT2D eigenvalue weighted by atomic mass is 10.0. The third-order valence-electron chi connectivity index (χ3n) is 6.01. The molecule has 5 aromatic rings. The highest BCUT2D eigenvalue weighted by molar-refractivity contribution is 6.12. The van der Waals surface area contributed by atoms with E-state index in [2.05, 4.69) is 32.6 Å². The third-order valence-corrected chi connectivity index (χ3v) is 6.01. The minimum Gasteiger partial charge on any atom is -0.454 e. The number of aromatic nitrogens is 4. The Bertz CT molecular complexity index is 1590. The van der Waals surface area contributed by atoms with Gasteiger partial charge in [0.15, 0.2) is 23.0 Å². The molecule has 7 rings (SSSR count). The largest absolute Gasteiger partial charge is 0.454 e. The van der Waals surface area contributed by atoms with Crippen LogP contribution in [0.4, 0.5) is 0 Å². The second-order valence-corrected chi connectivity index (χ2v) is 8.07. The van der Waals surface area contributed by atoms with Gasteiger partial charge in [-0.2, -0.15) is 5.10 Å². The van der Waals surface area contributed by atoms with Crippen molar-refractivity contribution in [3.05, 3.63) is 90.0 Å². The number of imidazole rings is 1. The van der Waals surface area contributed by atoms with Crippen LogP contribution in [0, 0.1) is 0 Å². The van der Waals surface area contributed by atoms with Gasteiger partial charge in [0.2, 0.25) is 6.79 Å². The van der Waals surface area contributed by atoms with Crippen LogP contribution >= 0.6 is 0 Å². The fraction of sp³-hybridized carbons (Fsp3) is 0.0769. The lowest BCUT2D eigenvalue weighted by Crippen LogP contribution is -2.23. The topological polar surface area (TPSA) is 97.3 Å². The van der Waals surface area contributed by atoms with E-state index < -0.39 is 0 Å². The molecule has 34 heavy (non-hydrogen) atoms. The number of hydrazone groups is 1. The quantitative estimate of drug-likeness (QED) is 0.430. The predicted octanol–water partition coefficient (Wildman–Crippen LogP) is 4.27. The predicted molar refractivity (Wildman–Crippen MR) is 128 cm³/mol. The van der Waals surface area contributed by atoms with Gasteiger partial charge in [0.25, 0.3) is 0 Å². The Balaban J connectivity index is 1.34. The molecule has 0 bridgehead atoms. The Morgan fingerprint density at radius 1 is 0.824 bits per heavy atom. The molecular formula is C26H18N6O2. The smallest absolute Gasteiger partial charge is 0.231 e. The first-order chi connectivity index (χ1) is 16.8. The molecule has 8 nitrogen and oxygen atoms in total.